The highest BCUT2D eigenvalue weighted by atomic mass is 32.1. The molecule has 0 aromatic rings. The third-order valence-corrected chi connectivity index (χ3v) is 3.99. The first-order valence-corrected chi connectivity index (χ1v) is 6.94. The highest BCUT2D eigenvalue weighted by molar-refractivity contribution is 7.80. The first-order chi connectivity index (χ1) is 8.87. The highest BCUT2D eigenvalue weighted by Crippen LogP contribution is 2.47. The molecular formula is C13H22N2O3S. The van der Waals surface area contributed by atoms with Gasteiger partial charge in [0, 0.05) is 6.54 Å². The summed E-state index contributed by atoms with van der Waals surface area (Å²) in [5.74, 6) is -0.121. The van der Waals surface area contributed by atoms with Crippen LogP contribution in [0.25, 0.3) is 0 Å². The first kappa shape index (κ1) is 15.9. The number of carbonyl (C=O) groups excluding carboxylic acids is 2. The molecule has 1 fully saturated rings. The molecule has 0 spiro atoms. The van der Waals surface area contributed by atoms with Gasteiger partial charge in [-0.2, -0.15) is 0 Å². The number of nitrogens with two attached hydrogens (primary N) is 1. The zero-order valence-corrected chi connectivity index (χ0v) is 12.6. The lowest BCUT2D eigenvalue weighted by Gasteiger charge is -2.46. The van der Waals surface area contributed by atoms with Crippen molar-refractivity contribution in [1.82, 2.24) is 4.90 Å². The van der Waals surface area contributed by atoms with Crippen molar-refractivity contribution in [2.24, 2.45) is 17.1 Å². The molecule has 1 amide bonds. The van der Waals surface area contributed by atoms with E-state index >= 15 is 0 Å². The molecule has 0 aromatic carbocycles. The minimum atomic E-state index is -0.752. The number of nitrogens with zero attached hydrogens (tertiary/aromatic N) is 1. The molecule has 0 bridgehead atoms. The molecule has 0 aliphatic heterocycles. The Kier molecular flexibility index (Phi) is 5.29. The van der Waals surface area contributed by atoms with E-state index in [1.807, 2.05) is 6.92 Å². The molecule has 108 valence electrons. The van der Waals surface area contributed by atoms with Gasteiger partial charge in [0.25, 0.3) is 0 Å². The lowest BCUT2D eigenvalue weighted by Crippen LogP contribution is -2.57. The Hall–Kier alpha value is -1.17. The summed E-state index contributed by atoms with van der Waals surface area (Å²) in [5.41, 5.74) is 5.01. The van der Waals surface area contributed by atoms with E-state index in [9.17, 15) is 9.59 Å². The van der Waals surface area contributed by atoms with Crippen molar-refractivity contribution in [2.75, 3.05) is 20.2 Å². The van der Waals surface area contributed by atoms with Crippen molar-refractivity contribution >= 4 is 29.1 Å². The molecule has 6 heteroatoms. The summed E-state index contributed by atoms with van der Waals surface area (Å²) in [6.45, 7) is 4.48. The maximum atomic E-state index is 12.6. The van der Waals surface area contributed by atoms with Crippen LogP contribution >= 0.6 is 12.2 Å². The molecule has 1 aliphatic rings. The largest absolute Gasteiger partial charge is 0.468 e. The van der Waals surface area contributed by atoms with Crippen molar-refractivity contribution < 1.29 is 14.3 Å². The first-order valence-electron chi connectivity index (χ1n) is 6.53. The summed E-state index contributed by atoms with van der Waals surface area (Å²) in [6, 6.07) is 0. The fourth-order valence-electron chi connectivity index (χ4n) is 2.66. The third-order valence-electron chi connectivity index (χ3n) is 3.60. The Balaban J connectivity index is 2.85. The Morgan fingerprint density at radius 1 is 1.47 bits per heavy atom. The van der Waals surface area contributed by atoms with Crippen LogP contribution in [0.3, 0.4) is 0 Å². The van der Waals surface area contributed by atoms with Gasteiger partial charge in [0.05, 0.1) is 17.5 Å². The van der Waals surface area contributed by atoms with Crippen molar-refractivity contribution in [3.63, 3.8) is 0 Å². The minimum absolute atomic E-state index is 0.0398. The van der Waals surface area contributed by atoms with Gasteiger partial charge >= 0.3 is 5.97 Å². The van der Waals surface area contributed by atoms with Gasteiger partial charge in [0.2, 0.25) is 5.91 Å². The number of carbonyl (C=O) groups is 2. The van der Waals surface area contributed by atoms with Gasteiger partial charge in [0.15, 0.2) is 0 Å². The molecule has 0 radical (unpaired) electrons. The molecule has 0 heterocycles. The summed E-state index contributed by atoms with van der Waals surface area (Å²) in [5, 5.41) is 0. The molecule has 1 rings (SSSR count). The van der Waals surface area contributed by atoms with E-state index in [0.29, 0.717) is 25.3 Å². The smallest absolute Gasteiger partial charge is 0.325 e. The molecule has 5 nitrogen and oxygen atoms in total. The van der Waals surface area contributed by atoms with Crippen LogP contribution in [0.4, 0.5) is 0 Å². The second-order valence-corrected chi connectivity index (χ2v) is 5.70. The third kappa shape index (κ3) is 3.23. The van der Waals surface area contributed by atoms with Gasteiger partial charge in [-0.25, -0.2) is 0 Å². The van der Waals surface area contributed by atoms with Crippen LogP contribution in [0.5, 0.6) is 0 Å². The quantitative estimate of drug-likeness (QED) is 0.585. The normalized spacial score (nSPS) is 25.3. The van der Waals surface area contributed by atoms with E-state index in [0.717, 1.165) is 6.42 Å². The van der Waals surface area contributed by atoms with E-state index in [1.165, 1.54) is 12.0 Å². The van der Waals surface area contributed by atoms with E-state index < -0.39 is 11.4 Å². The van der Waals surface area contributed by atoms with Gasteiger partial charge in [-0.1, -0.05) is 26.1 Å². The van der Waals surface area contributed by atoms with Gasteiger partial charge in [-0.05, 0) is 25.2 Å². The molecule has 2 N–H and O–H groups in total. The van der Waals surface area contributed by atoms with Crippen LogP contribution < -0.4 is 5.73 Å². The molecule has 0 atom stereocenters. The Labute approximate surface area is 119 Å². The van der Waals surface area contributed by atoms with E-state index in [4.69, 9.17) is 18.0 Å². The van der Waals surface area contributed by atoms with Gasteiger partial charge in [-0.15, -0.1) is 0 Å². The topological polar surface area (TPSA) is 72.6 Å². The summed E-state index contributed by atoms with van der Waals surface area (Å²) >= 11 is 5.07. The van der Waals surface area contributed by atoms with Crippen molar-refractivity contribution in [1.29, 1.82) is 0 Å². The average Bonchev–Trinajstić information content (AvgIpc) is 2.32. The number of hydrogen-bond donors (Lipinski definition) is 1. The van der Waals surface area contributed by atoms with Crippen LogP contribution in [0.2, 0.25) is 0 Å². The van der Waals surface area contributed by atoms with Crippen molar-refractivity contribution in [3.05, 3.63) is 0 Å². The molecule has 19 heavy (non-hydrogen) atoms. The number of rotatable bonds is 6. The van der Waals surface area contributed by atoms with Crippen molar-refractivity contribution in [3.8, 4) is 0 Å². The van der Waals surface area contributed by atoms with Crippen LogP contribution in [0.1, 0.15) is 33.1 Å². The maximum Gasteiger partial charge on any atom is 0.325 e. The standard InChI is InChI=1S/C13H22N2O3S/c1-4-5-15(8-10(16)18-3)12(17)13(11(14)19)6-9(2)7-13/h9H,4-8H2,1-3H3,(H2,14,19). The monoisotopic (exact) mass is 286 g/mol. The van der Waals surface area contributed by atoms with Gasteiger partial charge in [0.1, 0.15) is 6.54 Å². The fraction of sp³-hybridized carbons (Fsp3) is 0.769. The second kappa shape index (κ2) is 6.32. The summed E-state index contributed by atoms with van der Waals surface area (Å²) in [4.78, 5) is 25.8. The number of esters is 1. The second-order valence-electron chi connectivity index (χ2n) is 5.26. The minimum Gasteiger partial charge on any atom is -0.468 e. The molecule has 1 aliphatic carbocycles. The van der Waals surface area contributed by atoms with Crippen LogP contribution in [-0.2, 0) is 14.3 Å². The Bertz CT molecular complexity index is 378. The maximum absolute atomic E-state index is 12.6. The van der Waals surface area contributed by atoms with E-state index in [-0.39, 0.29) is 17.4 Å². The molecule has 0 saturated heterocycles. The predicted octanol–water partition coefficient (Wildman–Crippen LogP) is 1.10. The van der Waals surface area contributed by atoms with Crippen molar-refractivity contribution in [2.45, 2.75) is 33.1 Å². The SMILES string of the molecule is CCCN(CC(=O)OC)C(=O)C1(C(N)=S)CC(C)C1. The Morgan fingerprint density at radius 2 is 2.05 bits per heavy atom. The number of ether oxygens (including phenoxy) is 1. The molecule has 0 unspecified atom stereocenters. The predicted molar refractivity (Wildman–Crippen MR) is 76.5 cm³/mol. The van der Waals surface area contributed by atoms with Crippen LogP contribution in [0, 0.1) is 11.3 Å². The molecular weight excluding hydrogens is 264 g/mol. The Morgan fingerprint density at radius 3 is 2.42 bits per heavy atom. The van der Waals surface area contributed by atoms with E-state index in [2.05, 4.69) is 11.7 Å². The number of hydrogen-bond acceptors (Lipinski definition) is 4. The number of thiocarbonyl (C=S) groups is 1. The fourth-order valence-corrected chi connectivity index (χ4v) is 2.91. The van der Waals surface area contributed by atoms with Crippen LogP contribution in [0.15, 0.2) is 0 Å². The highest BCUT2D eigenvalue weighted by Gasteiger charge is 2.52. The zero-order chi connectivity index (χ0) is 14.6. The summed E-state index contributed by atoms with van der Waals surface area (Å²) in [6.07, 6.45) is 2.11. The van der Waals surface area contributed by atoms with E-state index in [1.54, 1.807) is 0 Å². The van der Waals surface area contributed by atoms with Gasteiger partial charge < -0.3 is 15.4 Å². The summed E-state index contributed by atoms with van der Waals surface area (Å²) in [7, 11) is 1.31. The average molecular weight is 286 g/mol. The van der Waals surface area contributed by atoms with Gasteiger partial charge in [-0.3, -0.25) is 9.59 Å². The lowest BCUT2D eigenvalue weighted by atomic mass is 9.61. The number of amides is 1. The summed E-state index contributed by atoms with van der Waals surface area (Å²) < 4.78 is 4.63. The molecule has 1 saturated carbocycles. The van der Waals surface area contributed by atoms with Crippen LogP contribution in [-0.4, -0.2) is 42.0 Å². The lowest BCUT2D eigenvalue weighted by molar-refractivity contribution is -0.152. The molecule has 0 aromatic heterocycles. The number of methoxy groups -OCH3 is 1. The zero-order valence-electron chi connectivity index (χ0n) is 11.8.